The summed E-state index contributed by atoms with van der Waals surface area (Å²) in [6.45, 7) is 0. The van der Waals surface area contributed by atoms with Crippen molar-refractivity contribution in [1.29, 1.82) is 0 Å². The lowest BCUT2D eigenvalue weighted by atomic mass is 10.3. The zero-order valence-corrected chi connectivity index (χ0v) is 6.47. The lowest BCUT2D eigenvalue weighted by molar-refractivity contribution is 1.11. The highest BCUT2D eigenvalue weighted by Crippen LogP contribution is 2.18. The molecule has 2 aromatic heterocycles. The summed E-state index contributed by atoms with van der Waals surface area (Å²) >= 11 is 4.06. The molecule has 0 aromatic carbocycles. The fourth-order valence-electron chi connectivity index (χ4n) is 0.954. The van der Waals surface area contributed by atoms with E-state index in [1.54, 1.807) is 12.3 Å². The molecule has 0 radical (unpaired) electrons. The molecular weight excluding hydrogens is 160 g/mol. The van der Waals surface area contributed by atoms with E-state index in [0.29, 0.717) is 10.8 Å². The van der Waals surface area contributed by atoms with Crippen LogP contribution in [0.15, 0.2) is 17.3 Å². The third kappa shape index (κ3) is 0.932. The monoisotopic (exact) mass is 166 g/mol. The number of hydrogen-bond donors (Lipinski definition) is 3. The van der Waals surface area contributed by atoms with Gasteiger partial charge in [-0.2, -0.15) is 5.10 Å². The van der Waals surface area contributed by atoms with Crippen LogP contribution in [0.1, 0.15) is 0 Å². The van der Waals surface area contributed by atoms with Crippen LogP contribution in [0.3, 0.4) is 0 Å². The number of nitrogens with two attached hydrogens (primary N) is 1. The molecule has 0 aliphatic carbocycles. The van der Waals surface area contributed by atoms with Crippen LogP contribution in [0.5, 0.6) is 0 Å². The molecule has 2 rings (SSSR count). The van der Waals surface area contributed by atoms with Gasteiger partial charge in [0.05, 0.1) is 15.9 Å². The molecule has 0 spiro atoms. The fourth-order valence-corrected chi connectivity index (χ4v) is 1.18. The molecule has 4 nitrogen and oxygen atoms in total. The van der Waals surface area contributed by atoms with E-state index in [2.05, 4.69) is 27.8 Å². The molecule has 0 saturated heterocycles. The van der Waals surface area contributed by atoms with Gasteiger partial charge in [-0.1, -0.05) is 0 Å². The number of hydrogen-bond acceptors (Lipinski definition) is 4. The SMILES string of the molecule is Nc1nc(S)cc2n[nH]cc12. The molecule has 0 saturated carbocycles. The average molecular weight is 166 g/mol. The maximum atomic E-state index is 5.58. The maximum Gasteiger partial charge on any atom is 0.135 e. The molecule has 0 aliphatic rings. The molecule has 0 aliphatic heterocycles. The molecule has 0 unspecified atom stereocenters. The number of nitrogens with one attached hydrogen (secondary N) is 1. The van der Waals surface area contributed by atoms with Gasteiger partial charge in [0.15, 0.2) is 0 Å². The van der Waals surface area contributed by atoms with Gasteiger partial charge in [0.25, 0.3) is 0 Å². The quantitative estimate of drug-likeness (QED) is 0.508. The Morgan fingerprint density at radius 3 is 3.18 bits per heavy atom. The van der Waals surface area contributed by atoms with Gasteiger partial charge in [0.2, 0.25) is 0 Å². The number of aromatic nitrogens is 3. The van der Waals surface area contributed by atoms with Crippen molar-refractivity contribution < 1.29 is 0 Å². The Hall–Kier alpha value is -1.23. The van der Waals surface area contributed by atoms with Crippen LogP contribution in [0.4, 0.5) is 5.82 Å². The van der Waals surface area contributed by atoms with Gasteiger partial charge >= 0.3 is 0 Å². The Bertz CT molecular complexity index is 394. The van der Waals surface area contributed by atoms with Gasteiger partial charge in [-0.15, -0.1) is 12.6 Å². The molecule has 0 bridgehead atoms. The van der Waals surface area contributed by atoms with E-state index in [4.69, 9.17) is 5.73 Å². The molecule has 2 heterocycles. The number of fused-ring (bicyclic) bond motifs is 1. The van der Waals surface area contributed by atoms with Crippen LogP contribution in [0.25, 0.3) is 10.9 Å². The number of thiol groups is 1. The number of pyridine rings is 1. The molecule has 56 valence electrons. The zero-order chi connectivity index (χ0) is 7.84. The summed E-state index contributed by atoms with van der Waals surface area (Å²) < 4.78 is 0. The van der Waals surface area contributed by atoms with Crippen LogP contribution < -0.4 is 5.73 Å². The smallest absolute Gasteiger partial charge is 0.135 e. The van der Waals surface area contributed by atoms with E-state index in [0.717, 1.165) is 10.9 Å². The van der Waals surface area contributed by atoms with Crippen LogP contribution in [0.2, 0.25) is 0 Å². The Morgan fingerprint density at radius 2 is 2.36 bits per heavy atom. The Kier molecular flexibility index (Phi) is 1.25. The average Bonchev–Trinajstić information content (AvgIpc) is 2.34. The molecule has 0 atom stereocenters. The van der Waals surface area contributed by atoms with Crippen molar-refractivity contribution in [3.63, 3.8) is 0 Å². The van der Waals surface area contributed by atoms with E-state index in [1.807, 2.05) is 0 Å². The van der Waals surface area contributed by atoms with Crippen molar-refractivity contribution in [2.24, 2.45) is 0 Å². The van der Waals surface area contributed by atoms with Crippen LogP contribution in [0, 0.1) is 0 Å². The van der Waals surface area contributed by atoms with E-state index in [1.165, 1.54) is 0 Å². The van der Waals surface area contributed by atoms with Gasteiger partial charge in [-0.25, -0.2) is 4.98 Å². The van der Waals surface area contributed by atoms with Crippen LogP contribution in [-0.2, 0) is 0 Å². The number of H-pyrrole nitrogens is 1. The van der Waals surface area contributed by atoms with Crippen molar-refractivity contribution in [3.05, 3.63) is 12.3 Å². The summed E-state index contributed by atoms with van der Waals surface area (Å²) in [4.78, 5) is 3.96. The summed E-state index contributed by atoms with van der Waals surface area (Å²) in [5.41, 5.74) is 6.38. The Labute approximate surface area is 68.2 Å². The Morgan fingerprint density at radius 1 is 1.55 bits per heavy atom. The molecule has 11 heavy (non-hydrogen) atoms. The molecule has 0 fully saturated rings. The van der Waals surface area contributed by atoms with Gasteiger partial charge in [-0.05, 0) is 6.07 Å². The second-order valence-corrected chi connectivity index (χ2v) is 2.64. The molecule has 0 amide bonds. The minimum Gasteiger partial charge on any atom is -0.383 e. The maximum absolute atomic E-state index is 5.58. The number of nitrogens with zero attached hydrogens (tertiary/aromatic N) is 2. The normalized spacial score (nSPS) is 10.6. The van der Waals surface area contributed by atoms with Crippen molar-refractivity contribution in [2.45, 2.75) is 5.03 Å². The fraction of sp³-hybridized carbons (Fsp3) is 0. The molecule has 5 heteroatoms. The second kappa shape index (κ2) is 2.13. The number of nitrogen functional groups attached to an aromatic ring is 1. The van der Waals surface area contributed by atoms with Crippen LogP contribution in [-0.4, -0.2) is 15.2 Å². The highest BCUT2D eigenvalue weighted by Gasteiger charge is 2.01. The highest BCUT2D eigenvalue weighted by molar-refractivity contribution is 7.80. The predicted molar refractivity (Wildman–Crippen MR) is 45.6 cm³/mol. The van der Waals surface area contributed by atoms with Gasteiger partial charge in [0, 0.05) is 6.20 Å². The van der Waals surface area contributed by atoms with Crippen molar-refractivity contribution in [3.8, 4) is 0 Å². The van der Waals surface area contributed by atoms with Crippen LogP contribution >= 0.6 is 12.6 Å². The van der Waals surface area contributed by atoms with Crippen molar-refractivity contribution >= 4 is 29.3 Å². The third-order valence-electron chi connectivity index (χ3n) is 1.45. The highest BCUT2D eigenvalue weighted by atomic mass is 32.1. The first-order valence-electron chi connectivity index (χ1n) is 3.06. The summed E-state index contributed by atoms with van der Waals surface area (Å²) in [5, 5.41) is 8.07. The second-order valence-electron chi connectivity index (χ2n) is 2.18. The minimum absolute atomic E-state index is 0.459. The first kappa shape index (κ1) is 6.48. The molecule has 2 aromatic rings. The van der Waals surface area contributed by atoms with Gasteiger partial charge in [-0.3, -0.25) is 5.10 Å². The van der Waals surface area contributed by atoms with Crippen molar-refractivity contribution in [2.75, 3.05) is 5.73 Å². The summed E-state index contributed by atoms with van der Waals surface area (Å²) in [7, 11) is 0. The summed E-state index contributed by atoms with van der Waals surface area (Å²) in [6.07, 6.45) is 1.71. The minimum atomic E-state index is 0.459. The van der Waals surface area contributed by atoms with Gasteiger partial charge in [0.1, 0.15) is 5.82 Å². The summed E-state index contributed by atoms with van der Waals surface area (Å²) in [5.74, 6) is 0.459. The largest absolute Gasteiger partial charge is 0.383 e. The van der Waals surface area contributed by atoms with Crippen molar-refractivity contribution in [1.82, 2.24) is 15.2 Å². The number of anilines is 1. The first-order valence-corrected chi connectivity index (χ1v) is 3.51. The van der Waals surface area contributed by atoms with Gasteiger partial charge < -0.3 is 5.73 Å². The van der Waals surface area contributed by atoms with E-state index in [-0.39, 0.29) is 0 Å². The number of aromatic amines is 1. The zero-order valence-electron chi connectivity index (χ0n) is 5.57. The van der Waals surface area contributed by atoms with E-state index < -0.39 is 0 Å². The topological polar surface area (TPSA) is 67.6 Å². The standard InChI is InChI=1S/C6H6N4S/c7-6-3-2-8-10-4(3)1-5(11)9-6/h1-2H,(H,8,10)(H3,7,9,11). The third-order valence-corrected chi connectivity index (χ3v) is 1.68. The predicted octanol–water partition coefficient (Wildman–Crippen LogP) is 0.829. The van der Waals surface area contributed by atoms with E-state index in [9.17, 15) is 0 Å². The summed E-state index contributed by atoms with van der Waals surface area (Å²) in [6, 6.07) is 1.76. The lowest BCUT2D eigenvalue weighted by Crippen LogP contribution is -1.90. The lowest BCUT2D eigenvalue weighted by Gasteiger charge is -1.94. The first-order chi connectivity index (χ1) is 5.27. The Balaban J connectivity index is 2.91. The van der Waals surface area contributed by atoms with E-state index >= 15 is 0 Å². The molecular formula is C6H6N4S. The molecule has 3 N–H and O–H groups in total. The number of rotatable bonds is 0.